The van der Waals surface area contributed by atoms with Crippen molar-refractivity contribution in [2.75, 3.05) is 0 Å². The van der Waals surface area contributed by atoms with Crippen LogP contribution in [0, 0.1) is 11.7 Å². The minimum Gasteiger partial charge on any atom is -0.271 e. The zero-order valence-corrected chi connectivity index (χ0v) is 10.6. The van der Waals surface area contributed by atoms with E-state index in [4.69, 9.17) is 5.84 Å². The summed E-state index contributed by atoms with van der Waals surface area (Å²) in [6.45, 7) is 0. The molecular weight excluding hydrogens is 271 g/mol. The Hall–Kier alpha value is -0.450. The summed E-state index contributed by atoms with van der Waals surface area (Å²) in [7, 11) is 0. The fraction of sp³-hybridized carbons (Fsp3) is 0.500. The molecule has 16 heavy (non-hydrogen) atoms. The van der Waals surface area contributed by atoms with Crippen molar-refractivity contribution in [3.05, 3.63) is 34.1 Å². The Morgan fingerprint density at radius 2 is 2.06 bits per heavy atom. The quantitative estimate of drug-likeness (QED) is 0.661. The van der Waals surface area contributed by atoms with Crippen LogP contribution in [0.25, 0.3) is 0 Å². The number of hydrazine groups is 1. The van der Waals surface area contributed by atoms with Gasteiger partial charge in [-0.25, -0.2) is 4.39 Å². The molecule has 0 saturated heterocycles. The lowest BCUT2D eigenvalue weighted by Crippen LogP contribution is -2.33. The summed E-state index contributed by atoms with van der Waals surface area (Å²) in [5.41, 5.74) is 3.76. The molecule has 1 aliphatic rings. The second-order valence-electron chi connectivity index (χ2n) is 4.33. The third-order valence-corrected chi connectivity index (χ3v) is 4.20. The normalized spacial score (nSPS) is 18.9. The van der Waals surface area contributed by atoms with Gasteiger partial charge in [-0.1, -0.05) is 25.0 Å². The fourth-order valence-corrected chi connectivity index (χ4v) is 3.04. The molecule has 0 bridgehead atoms. The molecule has 0 heterocycles. The zero-order valence-electron chi connectivity index (χ0n) is 9.05. The fourth-order valence-electron chi connectivity index (χ4n) is 2.53. The van der Waals surface area contributed by atoms with Crippen LogP contribution in [-0.2, 0) is 0 Å². The molecule has 1 unspecified atom stereocenters. The SMILES string of the molecule is NNC(c1cccc(F)c1Br)C1CCCC1. The lowest BCUT2D eigenvalue weighted by atomic mass is 9.92. The molecule has 0 radical (unpaired) electrons. The van der Waals surface area contributed by atoms with E-state index in [-0.39, 0.29) is 11.9 Å². The first-order valence-electron chi connectivity index (χ1n) is 5.64. The topological polar surface area (TPSA) is 38.0 Å². The average molecular weight is 287 g/mol. The summed E-state index contributed by atoms with van der Waals surface area (Å²) in [6, 6.07) is 5.16. The molecule has 0 spiro atoms. The molecule has 0 aliphatic heterocycles. The lowest BCUT2D eigenvalue weighted by molar-refractivity contribution is 0.371. The van der Waals surface area contributed by atoms with Crippen molar-refractivity contribution >= 4 is 15.9 Å². The number of rotatable bonds is 3. The van der Waals surface area contributed by atoms with Gasteiger partial charge in [0.25, 0.3) is 0 Å². The second-order valence-corrected chi connectivity index (χ2v) is 5.12. The third-order valence-electron chi connectivity index (χ3n) is 3.37. The summed E-state index contributed by atoms with van der Waals surface area (Å²) in [5.74, 6) is 5.90. The van der Waals surface area contributed by atoms with Crippen LogP contribution >= 0.6 is 15.9 Å². The van der Waals surface area contributed by atoms with Crippen LogP contribution in [0.1, 0.15) is 37.3 Å². The van der Waals surface area contributed by atoms with Crippen molar-refractivity contribution in [3.8, 4) is 0 Å². The van der Waals surface area contributed by atoms with Gasteiger partial charge in [0.2, 0.25) is 0 Å². The summed E-state index contributed by atoms with van der Waals surface area (Å²) < 4.78 is 14.0. The first-order chi connectivity index (χ1) is 7.74. The molecule has 4 heteroatoms. The van der Waals surface area contributed by atoms with Gasteiger partial charge < -0.3 is 0 Å². The van der Waals surface area contributed by atoms with Crippen molar-refractivity contribution in [3.63, 3.8) is 0 Å². The van der Waals surface area contributed by atoms with E-state index < -0.39 is 0 Å². The van der Waals surface area contributed by atoms with Gasteiger partial charge >= 0.3 is 0 Å². The highest BCUT2D eigenvalue weighted by molar-refractivity contribution is 9.10. The maximum atomic E-state index is 13.4. The number of nitrogens with two attached hydrogens (primary N) is 1. The molecule has 0 amide bonds. The number of hydrogen-bond acceptors (Lipinski definition) is 2. The molecular formula is C12H16BrFN2. The summed E-state index contributed by atoms with van der Waals surface area (Å²) in [4.78, 5) is 0. The largest absolute Gasteiger partial charge is 0.271 e. The van der Waals surface area contributed by atoms with Crippen molar-refractivity contribution in [1.29, 1.82) is 0 Å². The molecule has 1 aliphatic carbocycles. The van der Waals surface area contributed by atoms with Crippen molar-refractivity contribution < 1.29 is 4.39 Å². The van der Waals surface area contributed by atoms with E-state index in [9.17, 15) is 4.39 Å². The van der Waals surface area contributed by atoms with Gasteiger partial charge in [0.15, 0.2) is 0 Å². The van der Waals surface area contributed by atoms with Crippen molar-refractivity contribution in [1.82, 2.24) is 5.43 Å². The summed E-state index contributed by atoms with van der Waals surface area (Å²) >= 11 is 3.30. The zero-order chi connectivity index (χ0) is 11.5. The average Bonchev–Trinajstić information content (AvgIpc) is 2.79. The Kier molecular flexibility index (Phi) is 3.95. The second kappa shape index (κ2) is 5.25. The maximum absolute atomic E-state index is 13.4. The molecule has 2 rings (SSSR count). The Balaban J connectivity index is 2.28. The van der Waals surface area contributed by atoms with E-state index in [1.807, 2.05) is 6.07 Å². The molecule has 1 fully saturated rings. The van der Waals surface area contributed by atoms with Gasteiger partial charge in [0, 0.05) is 6.04 Å². The Morgan fingerprint density at radius 1 is 1.38 bits per heavy atom. The van der Waals surface area contributed by atoms with Crippen LogP contribution in [0.5, 0.6) is 0 Å². The van der Waals surface area contributed by atoms with Crippen LogP contribution in [0.4, 0.5) is 4.39 Å². The van der Waals surface area contributed by atoms with Gasteiger partial charge in [0.05, 0.1) is 4.47 Å². The Morgan fingerprint density at radius 3 is 2.69 bits per heavy atom. The molecule has 2 nitrogen and oxygen atoms in total. The Bertz CT molecular complexity index is 364. The highest BCUT2D eigenvalue weighted by Gasteiger charge is 2.27. The van der Waals surface area contributed by atoms with E-state index in [0.29, 0.717) is 10.4 Å². The van der Waals surface area contributed by atoms with E-state index in [1.165, 1.54) is 18.9 Å². The van der Waals surface area contributed by atoms with Crippen LogP contribution in [0.2, 0.25) is 0 Å². The predicted molar refractivity (Wildman–Crippen MR) is 66.1 cm³/mol. The number of hydrogen-bond donors (Lipinski definition) is 2. The molecule has 1 atom stereocenters. The summed E-state index contributed by atoms with van der Waals surface area (Å²) in [5, 5.41) is 0. The smallest absolute Gasteiger partial charge is 0.137 e. The minimum absolute atomic E-state index is 0.0487. The van der Waals surface area contributed by atoms with E-state index >= 15 is 0 Å². The van der Waals surface area contributed by atoms with Crippen LogP contribution in [0.3, 0.4) is 0 Å². The predicted octanol–water partition coefficient (Wildman–Crippen LogP) is 3.28. The van der Waals surface area contributed by atoms with E-state index in [1.54, 1.807) is 6.07 Å². The highest BCUT2D eigenvalue weighted by atomic mass is 79.9. The Labute approximate surface area is 104 Å². The number of nitrogens with one attached hydrogen (secondary N) is 1. The molecule has 1 aromatic rings. The van der Waals surface area contributed by atoms with Gasteiger partial charge in [-0.15, -0.1) is 0 Å². The first kappa shape index (κ1) is 12.0. The number of halogens is 2. The molecule has 1 aromatic carbocycles. The lowest BCUT2D eigenvalue weighted by Gasteiger charge is -2.24. The summed E-state index contributed by atoms with van der Waals surface area (Å²) in [6.07, 6.45) is 4.82. The van der Waals surface area contributed by atoms with Gasteiger partial charge in [-0.3, -0.25) is 11.3 Å². The van der Waals surface area contributed by atoms with Crippen molar-refractivity contribution in [2.45, 2.75) is 31.7 Å². The van der Waals surface area contributed by atoms with E-state index in [2.05, 4.69) is 21.4 Å². The van der Waals surface area contributed by atoms with Gasteiger partial charge in [-0.05, 0) is 46.3 Å². The molecule has 0 aromatic heterocycles. The minimum atomic E-state index is -0.226. The monoisotopic (exact) mass is 286 g/mol. The van der Waals surface area contributed by atoms with Crippen LogP contribution in [-0.4, -0.2) is 0 Å². The molecule has 88 valence electrons. The van der Waals surface area contributed by atoms with Crippen LogP contribution in [0.15, 0.2) is 22.7 Å². The standard InChI is InChI=1S/C12H16BrFN2/c13-11-9(6-3-7-10(11)14)12(16-15)8-4-1-2-5-8/h3,6-8,12,16H,1-2,4-5,15H2. The van der Waals surface area contributed by atoms with Gasteiger partial charge in [0.1, 0.15) is 5.82 Å². The first-order valence-corrected chi connectivity index (χ1v) is 6.43. The van der Waals surface area contributed by atoms with Crippen molar-refractivity contribution in [2.24, 2.45) is 11.8 Å². The molecule has 3 N–H and O–H groups in total. The van der Waals surface area contributed by atoms with E-state index in [0.717, 1.165) is 18.4 Å². The number of benzene rings is 1. The highest BCUT2D eigenvalue weighted by Crippen LogP contribution is 2.38. The third kappa shape index (κ3) is 2.29. The van der Waals surface area contributed by atoms with Gasteiger partial charge in [-0.2, -0.15) is 0 Å². The maximum Gasteiger partial charge on any atom is 0.137 e. The molecule has 1 saturated carbocycles. The van der Waals surface area contributed by atoms with Crippen LogP contribution < -0.4 is 11.3 Å².